The second-order valence-corrected chi connectivity index (χ2v) is 18.8. The summed E-state index contributed by atoms with van der Waals surface area (Å²) in [5.41, 5.74) is 4.67. The van der Waals surface area contributed by atoms with Crippen molar-refractivity contribution in [1.29, 1.82) is 0 Å². The molecule has 4 aromatic rings. The topological polar surface area (TPSA) is 92.3 Å². The molecule has 6 nitrogen and oxygen atoms in total. The minimum Gasteiger partial charge on any atom is -0.283 e. The fourth-order valence-corrected chi connectivity index (χ4v) is 9.62. The number of fused-ring (bicyclic) bond motifs is 1. The lowest BCUT2D eigenvalue weighted by Gasteiger charge is -2.15. The third-order valence-corrected chi connectivity index (χ3v) is 13.1. The minimum absolute atomic E-state index is 0.120. The highest BCUT2D eigenvalue weighted by molar-refractivity contribution is 7.93. The van der Waals surface area contributed by atoms with E-state index in [2.05, 4.69) is 35.4 Å². The van der Waals surface area contributed by atoms with E-state index in [4.69, 9.17) is 0 Å². The van der Waals surface area contributed by atoms with Gasteiger partial charge in [-0.2, -0.15) is 0 Å². The Morgan fingerprint density at radius 2 is 0.704 bits per heavy atom. The summed E-state index contributed by atoms with van der Waals surface area (Å²) in [7, 11) is -6.96. The Morgan fingerprint density at radius 1 is 0.389 bits per heavy atom. The van der Waals surface area contributed by atoms with E-state index >= 15 is 0 Å². The predicted molar refractivity (Wildman–Crippen MR) is 233 cm³/mol. The maximum atomic E-state index is 13.1. The maximum absolute atomic E-state index is 13.1. The van der Waals surface area contributed by atoms with Crippen molar-refractivity contribution in [3.8, 4) is 22.3 Å². The smallest absolute Gasteiger partial charge is 0.232 e. The lowest BCUT2D eigenvalue weighted by atomic mass is 9.96. The summed E-state index contributed by atoms with van der Waals surface area (Å²) >= 11 is 0. The van der Waals surface area contributed by atoms with Gasteiger partial charge in [-0.15, -0.1) is 0 Å². The van der Waals surface area contributed by atoms with E-state index in [0.717, 1.165) is 58.7 Å². The van der Waals surface area contributed by atoms with Gasteiger partial charge in [0.05, 0.1) is 22.9 Å². The van der Waals surface area contributed by atoms with Crippen LogP contribution in [0.5, 0.6) is 0 Å². The van der Waals surface area contributed by atoms with Crippen molar-refractivity contribution in [3.05, 3.63) is 84.9 Å². The molecule has 0 unspecified atom stereocenters. The standard InChI is InChI=1S/C46H66N2O4S2/c1-3-5-7-9-11-13-15-17-19-25-35-53(49,50)47-45-29-23-21-27-43(45)41-33-31-40-38-42(34-32-39(40)37-41)44-28-22-24-30-46(44)48-54(51,52)36-26-20-18-16-14-12-10-8-6-4-2/h21-24,27-34,37-38,47-48H,3-20,25-26,35-36H2,1-2H3. The first kappa shape index (κ1) is 43.4. The van der Waals surface area contributed by atoms with Crippen molar-refractivity contribution in [2.45, 2.75) is 142 Å². The van der Waals surface area contributed by atoms with E-state index in [1.807, 2.05) is 72.8 Å². The summed E-state index contributed by atoms with van der Waals surface area (Å²) in [5, 5.41) is 2.02. The van der Waals surface area contributed by atoms with Crippen molar-refractivity contribution < 1.29 is 16.8 Å². The van der Waals surface area contributed by atoms with Crippen LogP contribution >= 0.6 is 0 Å². The van der Waals surface area contributed by atoms with Crippen molar-refractivity contribution >= 4 is 42.2 Å². The molecule has 4 aromatic carbocycles. The van der Waals surface area contributed by atoms with Gasteiger partial charge >= 0.3 is 0 Å². The van der Waals surface area contributed by atoms with Crippen LogP contribution in [0, 0.1) is 0 Å². The fourth-order valence-electron chi connectivity index (χ4n) is 7.22. The summed E-state index contributed by atoms with van der Waals surface area (Å²) in [6.45, 7) is 4.47. The van der Waals surface area contributed by atoms with Gasteiger partial charge in [0.1, 0.15) is 0 Å². The molecule has 54 heavy (non-hydrogen) atoms. The second kappa shape index (κ2) is 23.5. The van der Waals surface area contributed by atoms with E-state index in [1.54, 1.807) is 0 Å². The van der Waals surface area contributed by atoms with Crippen LogP contribution in [0.3, 0.4) is 0 Å². The van der Waals surface area contributed by atoms with Crippen LogP contribution in [0.25, 0.3) is 33.0 Å². The van der Waals surface area contributed by atoms with Gasteiger partial charge in [0.15, 0.2) is 0 Å². The molecule has 0 aromatic heterocycles. The predicted octanol–water partition coefficient (Wildman–Crippen LogP) is 13.5. The Labute approximate surface area is 328 Å². The minimum atomic E-state index is -3.48. The first-order valence-corrected chi connectivity index (χ1v) is 24.3. The monoisotopic (exact) mass is 774 g/mol. The normalized spacial score (nSPS) is 12.0. The summed E-state index contributed by atoms with van der Waals surface area (Å²) in [6.07, 6.45) is 23.2. The summed E-state index contributed by atoms with van der Waals surface area (Å²) in [5.74, 6) is 0.241. The zero-order chi connectivity index (χ0) is 38.5. The third kappa shape index (κ3) is 15.4. The van der Waals surface area contributed by atoms with Gasteiger partial charge in [0.2, 0.25) is 20.0 Å². The van der Waals surface area contributed by atoms with E-state index < -0.39 is 20.0 Å². The van der Waals surface area contributed by atoms with Crippen LogP contribution in [-0.4, -0.2) is 28.3 Å². The van der Waals surface area contributed by atoms with E-state index in [1.165, 1.54) is 89.9 Å². The lowest BCUT2D eigenvalue weighted by molar-refractivity contribution is 0.558. The molecular formula is C46H66N2O4S2. The van der Waals surface area contributed by atoms with E-state index in [9.17, 15) is 16.8 Å². The van der Waals surface area contributed by atoms with Crippen LogP contribution in [0.2, 0.25) is 0 Å². The maximum Gasteiger partial charge on any atom is 0.232 e. The number of hydrogen-bond donors (Lipinski definition) is 2. The molecule has 2 N–H and O–H groups in total. The van der Waals surface area contributed by atoms with Crippen molar-refractivity contribution in [2.24, 2.45) is 0 Å². The molecule has 0 aliphatic carbocycles. The number of sulfonamides is 2. The first-order chi connectivity index (χ1) is 26.2. The van der Waals surface area contributed by atoms with Gasteiger partial charge in [-0.1, -0.05) is 190 Å². The number of para-hydroxylation sites is 2. The Bertz CT molecular complexity index is 1770. The zero-order valence-corrected chi connectivity index (χ0v) is 34.7. The number of benzene rings is 4. The summed E-state index contributed by atoms with van der Waals surface area (Å²) < 4.78 is 58.1. The largest absolute Gasteiger partial charge is 0.283 e. The molecule has 4 rings (SSSR count). The quantitative estimate of drug-likeness (QED) is 0.0562. The molecule has 0 amide bonds. The number of rotatable bonds is 28. The molecule has 0 saturated heterocycles. The van der Waals surface area contributed by atoms with Gasteiger partial charge < -0.3 is 0 Å². The Morgan fingerprint density at radius 3 is 1.06 bits per heavy atom. The van der Waals surface area contributed by atoms with Crippen LogP contribution in [0.15, 0.2) is 84.9 Å². The molecule has 0 atom stereocenters. The lowest BCUT2D eigenvalue weighted by Crippen LogP contribution is -2.17. The highest BCUT2D eigenvalue weighted by Crippen LogP contribution is 2.35. The molecule has 0 aliphatic rings. The molecule has 0 spiro atoms. The van der Waals surface area contributed by atoms with Crippen LogP contribution in [0.4, 0.5) is 11.4 Å². The molecule has 0 aliphatic heterocycles. The SMILES string of the molecule is CCCCCCCCCCCCS(=O)(=O)Nc1ccccc1-c1ccc2cc(-c3ccccc3NS(=O)(=O)CCCCCCCCCCCC)ccc2c1. The van der Waals surface area contributed by atoms with Crippen LogP contribution in [0.1, 0.15) is 142 Å². The van der Waals surface area contributed by atoms with Crippen molar-refractivity contribution in [3.63, 3.8) is 0 Å². The third-order valence-electron chi connectivity index (χ3n) is 10.4. The van der Waals surface area contributed by atoms with Gasteiger partial charge in [-0.25, -0.2) is 16.8 Å². The molecule has 0 radical (unpaired) electrons. The second-order valence-electron chi connectivity index (χ2n) is 15.1. The average molecular weight is 775 g/mol. The molecule has 0 saturated carbocycles. The Kier molecular flexibility index (Phi) is 18.9. The van der Waals surface area contributed by atoms with Gasteiger partial charge in [0.25, 0.3) is 0 Å². The molecule has 8 heteroatoms. The van der Waals surface area contributed by atoms with Crippen molar-refractivity contribution in [2.75, 3.05) is 20.9 Å². The number of nitrogens with one attached hydrogen (secondary N) is 2. The van der Waals surface area contributed by atoms with Gasteiger partial charge in [0, 0.05) is 11.1 Å². The van der Waals surface area contributed by atoms with Crippen LogP contribution < -0.4 is 9.44 Å². The van der Waals surface area contributed by atoms with E-state index in [-0.39, 0.29) is 11.5 Å². The Hall–Kier alpha value is -3.36. The molecule has 296 valence electrons. The zero-order valence-electron chi connectivity index (χ0n) is 33.1. The highest BCUT2D eigenvalue weighted by atomic mass is 32.2. The Balaban J connectivity index is 1.33. The van der Waals surface area contributed by atoms with Crippen molar-refractivity contribution in [1.82, 2.24) is 0 Å². The molecule has 0 heterocycles. The number of hydrogen-bond acceptors (Lipinski definition) is 4. The highest BCUT2D eigenvalue weighted by Gasteiger charge is 2.16. The molecule has 0 bridgehead atoms. The van der Waals surface area contributed by atoms with E-state index in [0.29, 0.717) is 24.2 Å². The number of anilines is 2. The molecule has 0 fully saturated rings. The fraction of sp³-hybridized carbons (Fsp3) is 0.522. The first-order valence-electron chi connectivity index (χ1n) is 20.9. The van der Waals surface area contributed by atoms with Gasteiger partial charge in [-0.05, 0) is 59.0 Å². The summed E-state index contributed by atoms with van der Waals surface area (Å²) in [6, 6.07) is 27.4. The summed E-state index contributed by atoms with van der Waals surface area (Å²) in [4.78, 5) is 0. The van der Waals surface area contributed by atoms with Gasteiger partial charge in [-0.3, -0.25) is 9.44 Å². The average Bonchev–Trinajstić information content (AvgIpc) is 3.16. The van der Waals surface area contributed by atoms with Crippen LogP contribution in [-0.2, 0) is 20.0 Å². The number of unbranched alkanes of at least 4 members (excludes halogenated alkanes) is 18. The molecular weight excluding hydrogens is 709 g/mol.